The molecule has 106 valence electrons. The average Bonchev–Trinajstić information content (AvgIpc) is 2.38. The fourth-order valence-electron chi connectivity index (χ4n) is 2.28. The number of halogens is 2. The molecule has 1 aromatic rings. The highest BCUT2D eigenvalue weighted by atomic mass is 79.9. The minimum absolute atomic E-state index is 0.268. The van der Waals surface area contributed by atoms with Crippen LogP contribution in [-0.2, 0) is 19.9 Å². The Labute approximate surface area is 121 Å². The van der Waals surface area contributed by atoms with Crippen LogP contribution in [0.1, 0.15) is 30.1 Å². The number of benzene rings is 1. The van der Waals surface area contributed by atoms with Crippen LogP contribution in [0.4, 0.5) is 4.39 Å². The van der Waals surface area contributed by atoms with Crippen molar-refractivity contribution in [3.05, 3.63) is 35.1 Å². The summed E-state index contributed by atoms with van der Waals surface area (Å²) in [7, 11) is -3.05. The first-order chi connectivity index (χ1) is 8.91. The van der Waals surface area contributed by atoms with E-state index in [-0.39, 0.29) is 17.2 Å². The van der Waals surface area contributed by atoms with E-state index >= 15 is 0 Å². The number of alkyl halides is 1. The van der Waals surface area contributed by atoms with Crippen LogP contribution in [0.2, 0.25) is 0 Å². The predicted octanol–water partition coefficient (Wildman–Crippen LogP) is 2.99. The minimum Gasteiger partial charge on any atom is -0.373 e. The van der Waals surface area contributed by atoms with Gasteiger partial charge in [-0.15, -0.1) is 0 Å². The molecule has 0 aromatic heterocycles. The summed E-state index contributed by atoms with van der Waals surface area (Å²) in [6.45, 7) is 0.420. The molecule has 3 nitrogen and oxygen atoms in total. The zero-order valence-corrected chi connectivity index (χ0v) is 13.0. The SMILES string of the molecule is CS(=O)(=O)C1CCOC(c2ccc(F)c(CBr)c2)C1. The number of hydrogen-bond acceptors (Lipinski definition) is 3. The largest absolute Gasteiger partial charge is 0.373 e. The Morgan fingerprint density at radius 1 is 1.47 bits per heavy atom. The van der Waals surface area contributed by atoms with Crippen molar-refractivity contribution in [2.24, 2.45) is 0 Å². The monoisotopic (exact) mass is 350 g/mol. The van der Waals surface area contributed by atoms with E-state index < -0.39 is 9.84 Å². The third-order valence-electron chi connectivity index (χ3n) is 3.43. The molecule has 1 aliphatic heterocycles. The zero-order chi connectivity index (χ0) is 14.0. The van der Waals surface area contributed by atoms with E-state index in [4.69, 9.17) is 4.74 Å². The Kier molecular flexibility index (Phi) is 4.63. The van der Waals surface area contributed by atoms with Gasteiger partial charge in [0.1, 0.15) is 5.82 Å². The molecule has 0 spiro atoms. The number of ether oxygens (including phenoxy) is 1. The summed E-state index contributed by atoms with van der Waals surface area (Å²) >= 11 is 3.23. The Balaban J connectivity index is 2.22. The van der Waals surface area contributed by atoms with Crippen molar-refractivity contribution in [3.63, 3.8) is 0 Å². The minimum atomic E-state index is -3.05. The second-order valence-corrected chi connectivity index (χ2v) is 7.71. The first-order valence-electron chi connectivity index (χ1n) is 6.06. The number of hydrogen-bond donors (Lipinski definition) is 0. The van der Waals surface area contributed by atoms with Gasteiger partial charge in [0, 0.05) is 18.2 Å². The third kappa shape index (κ3) is 3.55. The second-order valence-electron chi connectivity index (χ2n) is 4.82. The van der Waals surface area contributed by atoms with E-state index in [9.17, 15) is 12.8 Å². The van der Waals surface area contributed by atoms with Gasteiger partial charge in [-0.2, -0.15) is 0 Å². The van der Waals surface area contributed by atoms with Crippen molar-refractivity contribution in [2.75, 3.05) is 12.9 Å². The molecule has 6 heteroatoms. The topological polar surface area (TPSA) is 43.4 Å². The first kappa shape index (κ1) is 14.9. The van der Waals surface area contributed by atoms with Gasteiger partial charge in [-0.1, -0.05) is 22.0 Å². The Bertz CT molecular complexity index is 559. The summed E-state index contributed by atoms with van der Waals surface area (Å²) in [6.07, 6.45) is 1.95. The molecule has 0 aliphatic carbocycles. The van der Waals surface area contributed by atoms with Crippen LogP contribution in [0.5, 0.6) is 0 Å². The molecule has 1 aromatic carbocycles. The molecule has 0 amide bonds. The molecule has 1 aliphatic rings. The first-order valence-corrected chi connectivity index (χ1v) is 9.14. The summed E-state index contributed by atoms with van der Waals surface area (Å²) < 4.78 is 42.3. The molecule has 1 heterocycles. The fraction of sp³-hybridized carbons (Fsp3) is 0.538. The smallest absolute Gasteiger partial charge is 0.150 e. The summed E-state index contributed by atoms with van der Waals surface area (Å²) in [4.78, 5) is 0. The third-order valence-corrected chi connectivity index (χ3v) is 5.67. The summed E-state index contributed by atoms with van der Waals surface area (Å²) in [6, 6.07) is 4.80. The van der Waals surface area contributed by atoms with E-state index in [1.165, 1.54) is 12.3 Å². The average molecular weight is 351 g/mol. The number of rotatable bonds is 3. The Hall–Kier alpha value is -0.460. The van der Waals surface area contributed by atoms with Crippen LogP contribution < -0.4 is 0 Å². The van der Waals surface area contributed by atoms with Crippen LogP contribution in [0, 0.1) is 5.82 Å². The lowest BCUT2D eigenvalue weighted by atomic mass is 9.99. The van der Waals surface area contributed by atoms with Crippen LogP contribution in [-0.4, -0.2) is 26.5 Å². The summed E-state index contributed by atoms with van der Waals surface area (Å²) in [5, 5.41) is 0.0539. The maximum absolute atomic E-state index is 13.4. The van der Waals surface area contributed by atoms with Crippen LogP contribution in [0.3, 0.4) is 0 Å². The van der Waals surface area contributed by atoms with Crippen molar-refractivity contribution < 1.29 is 17.5 Å². The molecule has 2 atom stereocenters. The number of sulfone groups is 1. The van der Waals surface area contributed by atoms with Gasteiger partial charge in [0.05, 0.1) is 11.4 Å². The molecule has 0 radical (unpaired) electrons. The highest BCUT2D eigenvalue weighted by Crippen LogP contribution is 2.32. The molecular formula is C13H16BrFO3S. The molecule has 19 heavy (non-hydrogen) atoms. The van der Waals surface area contributed by atoms with Gasteiger partial charge < -0.3 is 4.74 Å². The lowest BCUT2D eigenvalue weighted by Crippen LogP contribution is -2.30. The quantitative estimate of drug-likeness (QED) is 0.787. The maximum atomic E-state index is 13.4. The molecular weight excluding hydrogens is 335 g/mol. The van der Waals surface area contributed by atoms with Crippen LogP contribution in [0.25, 0.3) is 0 Å². The lowest BCUT2D eigenvalue weighted by molar-refractivity contribution is 0.0166. The van der Waals surface area contributed by atoms with Crippen molar-refractivity contribution in [1.29, 1.82) is 0 Å². The lowest BCUT2D eigenvalue weighted by Gasteiger charge is -2.29. The maximum Gasteiger partial charge on any atom is 0.150 e. The standard InChI is InChI=1S/C13H16BrFO3S/c1-19(16,17)11-4-5-18-13(7-11)9-2-3-12(15)10(6-9)8-14/h2-3,6,11,13H,4-5,7-8H2,1H3. The van der Waals surface area contributed by atoms with Gasteiger partial charge >= 0.3 is 0 Å². The van der Waals surface area contributed by atoms with Gasteiger partial charge in [0.25, 0.3) is 0 Å². The van der Waals surface area contributed by atoms with Gasteiger partial charge in [0.15, 0.2) is 9.84 Å². The zero-order valence-electron chi connectivity index (χ0n) is 10.6. The van der Waals surface area contributed by atoms with E-state index in [1.54, 1.807) is 12.1 Å². The van der Waals surface area contributed by atoms with Crippen molar-refractivity contribution in [2.45, 2.75) is 29.5 Å². The second kappa shape index (κ2) is 5.89. The molecule has 2 rings (SSSR count). The highest BCUT2D eigenvalue weighted by molar-refractivity contribution is 9.08. The predicted molar refractivity (Wildman–Crippen MR) is 75.6 cm³/mol. The highest BCUT2D eigenvalue weighted by Gasteiger charge is 2.30. The normalized spacial score (nSPS) is 24.4. The Morgan fingerprint density at radius 3 is 2.84 bits per heavy atom. The summed E-state index contributed by atoms with van der Waals surface area (Å²) in [5.74, 6) is -0.268. The van der Waals surface area contributed by atoms with Gasteiger partial charge in [-0.05, 0) is 36.1 Å². The molecule has 0 N–H and O–H groups in total. The van der Waals surface area contributed by atoms with Crippen molar-refractivity contribution >= 4 is 25.8 Å². The van der Waals surface area contributed by atoms with E-state index in [2.05, 4.69) is 15.9 Å². The van der Waals surface area contributed by atoms with E-state index in [1.807, 2.05) is 0 Å². The van der Waals surface area contributed by atoms with E-state index in [0.29, 0.717) is 30.3 Å². The Morgan fingerprint density at radius 2 is 2.21 bits per heavy atom. The van der Waals surface area contributed by atoms with Gasteiger partial charge in [0.2, 0.25) is 0 Å². The molecule has 0 bridgehead atoms. The summed E-state index contributed by atoms with van der Waals surface area (Å²) in [5.41, 5.74) is 1.40. The molecule has 1 saturated heterocycles. The van der Waals surface area contributed by atoms with Gasteiger partial charge in [-0.25, -0.2) is 12.8 Å². The van der Waals surface area contributed by atoms with Crippen LogP contribution >= 0.6 is 15.9 Å². The van der Waals surface area contributed by atoms with Gasteiger partial charge in [-0.3, -0.25) is 0 Å². The van der Waals surface area contributed by atoms with Crippen molar-refractivity contribution in [3.8, 4) is 0 Å². The van der Waals surface area contributed by atoms with Crippen LogP contribution in [0.15, 0.2) is 18.2 Å². The fourth-order valence-corrected chi connectivity index (χ4v) is 3.76. The van der Waals surface area contributed by atoms with E-state index in [0.717, 1.165) is 5.56 Å². The molecule has 0 saturated carbocycles. The van der Waals surface area contributed by atoms with Crippen molar-refractivity contribution in [1.82, 2.24) is 0 Å². The molecule has 1 fully saturated rings. The molecule has 2 unspecified atom stereocenters.